The van der Waals surface area contributed by atoms with Crippen LogP contribution in [0, 0.1) is 5.82 Å². The highest BCUT2D eigenvalue weighted by atomic mass is 35.5. The minimum Gasteiger partial charge on any atom is -0.355 e. The Kier molecular flexibility index (Phi) is 4.86. The van der Waals surface area contributed by atoms with Gasteiger partial charge >= 0.3 is 0 Å². The van der Waals surface area contributed by atoms with Crippen LogP contribution < -0.4 is 5.32 Å². The van der Waals surface area contributed by atoms with Gasteiger partial charge in [0.1, 0.15) is 12.1 Å². The maximum Gasteiger partial charge on any atom is 0.280 e. The van der Waals surface area contributed by atoms with Crippen molar-refractivity contribution in [1.82, 2.24) is 19.9 Å². The topological polar surface area (TPSA) is 85.8 Å². The Balaban J connectivity index is 1.44. The lowest BCUT2D eigenvalue weighted by Gasteiger charge is -2.03. The number of halogens is 2. The standard InChI is InChI=1S/C19H13ClFN5O2/c20-15-8-14(21)7-6-13(15)10-26-11-22-19(24-26)23-18(27)16-9-17(28-25-16)12-4-2-1-3-5-12/h1-9,11H,10H2,(H,23,24,27). The van der Waals surface area contributed by atoms with Crippen LogP contribution in [0.2, 0.25) is 5.02 Å². The number of aromatic nitrogens is 4. The van der Waals surface area contributed by atoms with E-state index < -0.39 is 11.7 Å². The van der Waals surface area contributed by atoms with Crippen LogP contribution in [0.3, 0.4) is 0 Å². The van der Waals surface area contributed by atoms with E-state index in [4.69, 9.17) is 16.1 Å². The normalized spacial score (nSPS) is 10.8. The summed E-state index contributed by atoms with van der Waals surface area (Å²) >= 11 is 6.01. The summed E-state index contributed by atoms with van der Waals surface area (Å²) in [4.78, 5) is 16.4. The zero-order valence-electron chi connectivity index (χ0n) is 14.3. The van der Waals surface area contributed by atoms with Gasteiger partial charge in [-0.15, -0.1) is 5.10 Å². The molecular formula is C19H13ClFN5O2. The van der Waals surface area contributed by atoms with Crippen molar-refractivity contribution in [3.63, 3.8) is 0 Å². The number of hydrogen-bond donors (Lipinski definition) is 1. The van der Waals surface area contributed by atoms with Crippen molar-refractivity contribution < 1.29 is 13.7 Å². The van der Waals surface area contributed by atoms with E-state index in [0.717, 1.165) is 5.56 Å². The third-order valence-electron chi connectivity index (χ3n) is 3.91. The SMILES string of the molecule is O=C(Nc1ncn(Cc2ccc(F)cc2Cl)n1)c1cc(-c2ccccc2)on1. The molecule has 4 rings (SSSR count). The van der Waals surface area contributed by atoms with Crippen molar-refractivity contribution in [2.75, 3.05) is 5.32 Å². The molecule has 140 valence electrons. The summed E-state index contributed by atoms with van der Waals surface area (Å²) in [5.74, 6) is -0.325. The third kappa shape index (κ3) is 3.91. The molecule has 0 atom stereocenters. The number of hydrogen-bond acceptors (Lipinski definition) is 5. The smallest absolute Gasteiger partial charge is 0.280 e. The molecule has 4 aromatic rings. The average molecular weight is 398 g/mol. The lowest BCUT2D eigenvalue weighted by atomic mass is 10.1. The molecular weight excluding hydrogens is 385 g/mol. The van der Waals surface area contributed by atoms with Crippen molar-refractivity contribution in [2.45, 2.75) is 6.54 Å². The second-order valence-corrected chi connectivity index (χ2v) is 6.31. The fourth-order valence-electron chi connectivity index (χ4n) is 2.54. The van der Waals surface area contributed by atoms with E-state index in [0.29, 0.717) is 11.3 Å². The fourth-order valence-corrected chi connectivity index (χ4v) is 2.77. The molecule has 0 aliphatic heterocycles. The maximum absolute atomic E-state index is 13.1. The van der Waals surface area contributed by atoms with Crippen molar-refractivity contribution in [3.8, 4) is 11.3 Å². The highest BCUT2D eigenvalue weighted by molar-refractivity contribution is 6.31. The first-order chi connectivity index (χ1) is 13.6. The van der Waals surface area contributed by atoms with Crippen LogP contribution >= 0.6 is 11.6 Å². The second-order valence-electron chi connectivity index (χ2n) is 5.90. The van der Waals surface area contributed by atoms with E-state index in [-0.39, 0.29) is 23.2 Å². The van der Waals surface area contributed by atoms with Crippen LogP contribution in [0.5, 0.6) is 0 Å². The predicted octanol–water partition coefficient (Wildman–Crippen LogP) is 4.03. The van der Waals surface area contributed by atoms with Gasteiger partial charge in [-0.3, -0.25) is 10.1 Å². The van der Waals surface area contributed by atoms with Crippen LogP contribution in [0.25, 0.3) is 11.3 Å². The van der Waals surface area contributed by atoms with Gasteiger partial charge in [0.15, 0.2) is 11.5 Å². The quantitative estimate of drug-likeness (QED) is 0.549. The number of carbonyl (C=O) groups excluding carboxylic acids is 1. The summed E-state index contributed by atoms with van der Waals surface area (Å²) in [5, 5.41) is 10.8. The molecule has 0 saturated carbocycles. The van der Waals surface area contributed by atoms with Crippen LogP contribution in [-0.4, -0.2) is 25.8 Å². The Morgan fingerprint density at radius 2 is 2.00 bits per heavy atom. The molecule has 0 saturated heterocycles. The molecule has 2 heterocycles. The van der Waals surface area contributed by atoms with Gasteiger partial charge in [0, 0.05) is 16.7 Å². The number of nitrogens with zero attached hydrogens (tertiary/aromatic N) is 4. The number of nitrogens with one attached hydrogen (secondary N) is 1. The molecule has 2 aromatic carbocycles. The molecule has 7 nitrogen and oxygen atoms in total. The maximum atomic E-state index is 13.1. The number of anilines is 1. The van der Waals surface area contributed by atoms with Gasteiger partial charge < -0.3 is 4.52 Å². The number of carbonyl (C=O) groups is 1. The first-order valence-electron chi connectivity index (χ1n) is 8.25. The zero-order chi connectivity index (χ0) is 19.5. The van der Waals surface area contributed by atoms with E-state index in [1.807, 2.05) is 30.3 Å². The number of amides is 1. The molecule has 0 unspecified atom stereocenters. The van der Waals surface area contributed by atoms with Crippen molar-refractivity contribution in [1.29, 1.82) is 0 Å². The Bertz CT molecular complexity index is 1130. The highest BCUT2D eigenvalue weighted by Gasteiger charge is 2.15. The fraction of sp³-hybridized carbons (Fsp3) is 0.0526. The van der Waals surface area contributed by atoms with Gasteiger partial charge in [0.05, 0.1) is 6.54 Å². The molecule has 0 radical (unpaired) electrons. The summed E-state index contributed by atoms with van der Waals surface area (Å²) in [6.45, 7) is 0.282. The molecule has 0 aliphatic carbocycles. The molecule has 0 fully saturated rings. The Morgan fingerprint density at radius 1 is 1.18 bits per heavy atom. The average Bonchev–Trinajstić information content (AvgIpc) is 3.35. The van der Waals surface area contributed by atoms with E-state index in [2.05, 4.69) is 20.6 Å². The minimum atomic E-state index is -0.497. The first kappa shape index (κ1) is 17.9. The van der Waals surface area contributed by atoms with Crippen molar-refractivity contribution in [3.05, 3.63) is 83.0 Å². The Labute approximate surface area is 163 Å². The predicted molar refractivity (Wildman–Crippen MR) is 100 cm³/mol. The van der Waals surface area contributed by atoms with Gasteiger partial charge in [-0.2, -0.15) is 0 Å². The van der Waals surface area contributed by atoms with Gasteiger partial charge in [0.2, 0.25) is 5.95 Å². The third-order valence-corrected chi connectivity index (χ3v) is 4.26. The van der Waals surface area contributed by atoms with Gasteiger partial charge in [0.25, 0.3) is 5.91 Å². The molecule has 2 aromatic heterocycles. The second kappa shape index (κ2) is 7.61. The van der Waals surface area contributed by atoms with Crippen molar-refractivity contribution in [2.24, 2.45) is 0 Å². The molecule has 28 heavy (non-hydrogen) atoms. The summed E-state index contributed by atoms with van der Waals surface area (Å²) in [6, 6.07) is 15.0. The highest BCUT2D eigenvalue weighted by Crippen LogP contribution is 2.20. The van der Waals surface area contributed by atoms with Crippen LogP contribution in [-0.2, 0) is 6.54 Å². The first-order valence-corrected chi connectivity index (χ1v) is 8.63. The van der Waals surface area contributed by atoms with Crippen LogP contribution in [0.4, 0.5) is 10.3 Å². The Hall–Kier alpha value is -3.52. The largest absolute Gasteiger partial charge is 0.355 e. The zero-order valence-corrected chi connectivity index (χ0v) is 15.1. The van der Waals surface area contributed by atoms with E-state index in [1.54, 1.807) is 12.1 Å². The summed E-state index contributed by atoms with van der Waals surface area (Å²) in [5.41, 5.74) is 1.60. The lowest BCUT2D eigenvalue weighted by molar-refractivity contribution is 0.101. The van der Waals surface area contributed by atoms with E-state index in [1.165, 1.54) is 23.1 Å². The van der Waals surface area contributed by atoms with Crippen LogP contribution in [0.15, 0.2) is 65.4 Å². The van der Waals surface area contributed by atoms with E-state index in [9.17, 15) is 9.18 Å². The summed E-state index contributed by atoms with van der Waals surface area (Å²) < 4.78 is 19.8. The number of benzene rings is 2. The minimum absolute atomic E-state index is 0.104. The van der Waals surface area contributed by atoms with Gasteiger partial charge in [-0.1, -0.05) is 53.2 Å². The molecule has 9 heteroatoms. The molecule has 1 amide bonds. The Morgan fingerprint density at radius 3 is 2.79 bits per heavy atom. The molecule has 0 spiro atoms. The van der Waals surface area contributed by atoms with Gasteiger partial charge in [-0.25, -0.2) is 14.1 Å². The number of rotatable bonds is 5. The monoisotopic (exact) mass is 397 g/mol. The van der Waals surface area contributed by atoms with Crippen molar-refractivity contribution >= 4 is 23.5 Å². The summed E-state index contributed by atoms with van der Waals surface area (Å²) in [7, 11) is 0. The molecule has 0 bridgehead atoms. The van der Waals surface area contributed by atoms with Gasteiger partial charge in [-0.05, 0) is 17.7 Å². The summed E-state index contributed by atoms with van der Waals surface area (Å²) in [6.07, 6.45) is 1.44. The molecule has 0 aliphatic rings. The van der Waals surface area contributed by atoms with E-state index >= 15 is 0 Å². The molecule has 1 N–H and O–H groups in total. The van der Waals surface area contributed by atoms with Crippen LogP contribution in [0.1, 0.15) is 16.1 Å². The lowest BCUT2D eigenvalue weighted by Crippen LogP contribution is -2.13.